The highest BCUT2D eigenvalue weighted by atomic mass is 79.9. The molecule has 2 rings (SSSR count). The van der Waals surface area contributed by atoms with E-state index in [-0.39, 0.29) is 10.6 Å². The van der Waals surface area contributed by atoms with Crippen LogP contribution >= 0.6 is 38.9 Å². The summed E-state index contributed by atoms with van der Waals surface area (Å²) in [6, 6.07) is 3.14. The van der Waals surface area contributed by atoms with Crippen LogP contribution in [0.1, 0.15) is 22.0 Å². The van der Waals surface area contributed by atoms with Crippen molar-refractivity contribution in [2.24, 2.45) is 5.73 Å². The van der Waals surface area contributed by atoms with Crippen molar-refractivity contribution in [3.8, 4) is 0 Å². The third kappa shape index (κ3) is 2.59. The molecule has 2 aromatic rings. The highest BCUT2D eigenvalue weighted by Crippen LogP contribution is 2.34. The lowest BCUT2D eigenvalue weighted by Crippen LogP contribution is -2.12. The van der Waals surface area contributed by atoms with E-state index in [4.69, 9.17) is 17.3 Å². The van der Waals surface area contributed by atoms with Gasteiger partial charge in [-0.3, -0.25) is 0 Å². The molecule has 0 aliphatic rings. The first-order valence-corrected chi connectivity index (χ1v) is 7.04. The molecule has 0 fully saturated rings. The van der Waals surface area contributed by atoms with E-state index in [2.05, 4.69) is 15.9 Å². The maximum absolute atomic E-state index is 13.7. The van der Waals surface area contributed by atoms with Gasteiger partial charge in [0.2, 0.25) is 0 Å². The van der Waals surface area contributed by atoms with Crippen molar-refractivity contribution in [1.82, 2.24) is 0 Å². The number of halogens is 4. The smallest absolute Gasteiger partial charge is 0.142 e. The molecule has 0 radical (unpaired) electrons. The Bertz CT molecular complexity index is 581. The van der Waals surface area contributed by atoms with Crippen molar-refractivity contribution in [2.45, 2.75) is 13.0 Å². The number of benzene rings is 1. The van der Waals surface area contributed by atoms with Gasteiger partial charge in [0.05, 0.1) is 14.9 Å². The number of hydrogen-bond donors (Lipinski definition) is 1. The van der Waals surface area contributed by atoms with Crippen LogP contribution in [0.2, 0.25) is 5.02 Å². The summed E-state index contributed by atoms with van der Waals surface area (Å²) in [6.07, 6.45) is 0. The summed E-state index contributed by atoms with van der Waals surface area (Å²) < 4.78 is 28.0. The molecule has 1 atom stereocenters. The minimum absolute atomic E-state index is 0.102. The summed E-state index contributed by atoms with van der Waals surface area (Å²) in [5.41, 5.74) is 7.07. The Kier molecular flexibility index (Phi) is 4.06. The van der Waals surface area contributed by atoms with E-state index in [1.807, 2.05) is 13.0 Å². The molecule has 6 heteroatoms. The third-order valence-electron chi connectivity index (χ3n) is 2.56. The Hall–Kier alpha value is -0.490. The first-order valence-electron chi connectivity index (χ1n) is 5.06. The average molecular weight is 353 g/mol. The maximum Gasteiger partial charge on any atom is 0.142 e. The molecule has 0 saturated heterocycles. The van der Waals surface area contributed by atoms with Crippen LogP contribution in [0.5, 0.6) is 0 Å². The largest absolute Gasteiger partial charge is 0.320 e. The number of hydrogen-bond acceptors (Lipinski definition) is 2. The van der Waals surface area contributed by atoms with E-state index in [0.717, 1.165) is 26.4 Å². The molecule has 0 aliphatic carbocycles. The zero-order valence-electron chi connectivity index (χ0n) is 9.31. The van der Waals surface area contributed by atoms with E-state index in [0.29, 0.717) is 0 Å². The van der Waals surface area contributed by atoms with Gasteiger partial charge in [-0.05, 0) is 46.6 Å². The summed E-state index contributed by atoms with van der Waals surface area (Å²) in [7, 11) is 0. The first-order chi connectivity index (χ1) is 8.40. The molecular formula is C12H9BrClF2NS. The average Bonchev–Trinajstić information content (AvgIpc) is 2.63. The second kappa shape index (κ2) is 5.25. The van der Waals surface area contributed by atoms with Crippen molar-refractivity contribution in [3.05, 3.63) is 54.6 Å². The number of nitrogens with two attached hydrogens (primary N) is 1. The molecule has 0 saturated carbocycles. The van der Waals surface area contributed by atoms with Gasteiger partial charge in [-0.1, -0.05) is 11.6 Å². The summed E-state index contributed by atoms with van der Waals surface area (Å²) in [4.78, 5) is 0.764. The molecule has 0 aliphatic heterocycles. The van der Waals surface area contributed by atoms with E-state index in [1.165, 1.54) is 11.3 Å². The predicted molar refractivity (Wildman–Crippen MR) is 74.2 cm³/mol. The normalized spacial score (nSPS) is 12.8. The third-order valence-corrected chi connectivity index (χ3v) is 5.07. The topological polar surface area (TPSA) is 26.0 Å². The van der Waals surface area contributed by atoms with Gasteiger partial charge >= 0.3 is 0 Å². The Balaban J connectivity index is 2.45. The van der Waals surface area contributed by atoms with Crippen LogP contribution in [0.4, 0.5) is 8.78 Å². The Morgan fingerprint density at radius 1 is 1.28 bits per heavy atom. The fourth-order valence-corrected chi connectivity index (χ4v) is 3.31. The highest BCUT2D eigenvalue weighted by molar-refractivity contribution is 9.11. The van der Waals surface area contributed by atoms with Crippen molar-refractivity contribution < 1.29 is 8.78 Å². The van der Waals surface area contributed by atoms with E-state index in [1.54, 1.807) is 0 Å². The lowest BCUT2D eigenvalue weighted by Gasteiger charge is -2.11. The molecule has 18 heavy (non-hydrogen) atoms. The minimum Gasteiger partial charge on any atom is -0.320 e. The molecule has 1 nitrogen and oxygen atoms in total. The summed E-state index contributed by atoms with van der Waals surface area (Å²) in [5, 5.41) is -0.244. The van der Waals surface area contributed by atoms with Gasteiger partial charge in [-0.15, -0.1) is 11.3 Å². The van der Waals surface area contributed by atoms with Crippen LogP contribution in [0.15, 0.2) is 22.0 Å². The van der Waals surface area contributed by atoms with Gasteiger partial charge in [0, 0.05) is 10.4 Å². The molecule has 0 amide bonds. The zero-order chi connectivity index (χ0) is 13.4. The van der Waals surface area contributed by atoms with Crippen molar-refractivity contribution >= 4 is 38.9 Å². The molecule has 1 heterocycles. The summed E-state index contributed by atoms with van der Waals surface area (Å²) in [6.45, 7) is 1.91. The zero-order valence-corrected chi connectivity index (χ0v) is 12.5. The SMILES string of the molecule is Cc1cc(C(N)c2cc(F)c(Cl)cc2F)sc1Br. The highest BCUT2D eigenvalue weighted by Gasteiger charge is 2.19. The van der Waals surface area contributed by atoms with Crippen molar-refractivity contribution in [3.63, 3.8) is 0 Å². The standard InChI is InChI=1S/C12H9BrClF2NS/c1-5-2-10(18-12(5)13)11(17)6-3-9(16)7(14)4-8(6)15/h2-4,11H,17H2,1H3. The van der Waals surface area contributed by atoms with Crippen molar-refractivity contribution in [1.29, 1.82) is 0 Å². The maximum atomic E-state index is 13.7. The molecule has 0 spiro atoms. The fourth-order valence-electron chi connectivity index (χ4n) is 1.57. The molecule has 0 bridgehead atoms. The molecule has 1 unspecified atom stereocenters. The number of aryl methyl sites for hydroxylation is 1. The van der Waals surface area contributed by atoms with E-state index >= 15 is 0 Å². The van der Waals surface area contributed by atoms with Crippen LogP contribution in [0.25, 0.3) is 0 Å². The van der Waals surface area contributed by atoms with E-state index in [9.17, 15) is 8.78 Å². The minimum atomic E-state index is -0.702. The summed E-state index contributed by atoms with van der Waals surface area (Å²) in [5.74, 6) is -1.27. The van der Waals surface area contributed by atoms with Crippen molar-refractivity contribution in [2.75, 3.05) is 0 Å². The lowest BCUT2D eigenvalue weighted by atomic mass is 10.0. The van der Waals surface area contributed by atoms with Gasteiger partial charge in [0.15, 0.2) is 0 Å². The molecule has 1 aromatic heterocycles. The van der Waals surface area contributed by atoms with E-state index < -0.39 is 17.7 Å². The monoisotopic (exact) mass is 351 g/mol. The van der Waals surface area contributed by atoms with Crippen LogP contribution in [-0.2, 0) is 0 Å². The molecule has 96 valence electrons. The second-order valence-corrected chi connectivity index (χ2v) is 6.68. The molecular weight excluding hydrogens is 344 g/mol. The van der Waals surface area contributed by atoms with Gasteiger partial charge in [-0.25, -0.2) is 8.78 Å². The molecule has 1 aromatic carbocycles. The lowest BCUT2D eigenvalue weighted by molar-refractivity contribution is 0.578. The van der Waals surface area contributed by atoms with Gasteiger partial charge in [-0.2, -0.15) is 0 Å². The Morgan fingerprint density at radius 2 is 1.94 bits per heavy atom. The van der Waals surface area contributed by atoms with Crippen LogP contribution < -0.4 is 5.73 Å². The second-order valence-electron chi connectivity index (χ2n) is 3.87. The number of rotatable bonds is 2. The molecule has 2 N–H and O–H groups in total. The van der Waals surface area contributed by atoms with Crippen LogP contribution in [-0.4, -0.2) is 0 Å². The first kappa shape index (κ1) is 13.9. The fraction of sp³-hybridized carbons (Fsp3) is 0.167. The number of thiophene rings is 1. The van der Waals surface area contributed by atoms with Gasteiger partial charge in [0.25, 0.3) is 0 Å². The quantitative estimate of drug-likeness (QED) is 0.772. The Morgan fingerprint density at radius 3 is 2.50 bits per heavy atom. The Labute approximate surface area is 121 Å². The van der Waals surface area contributed by atoms with Gasteiger partial charge < -0.3 is 5.73 Å². The van der Waals surface area contributed by atoms with Gasteiger partial charge in [0.1, 0.15) is 11.6 Å². The van der Waals surface area contributed by atoms with Crippen LogP contribution in [0.3, 0.4) is 0 Å². The summed E-state index contributed by atoms with van der Waals surface area (Å²) >= 11 is 10.3. The van der Waals surface area contributed by atoms with Crippen LogP contribution in [0, 0.1) is 18.6 Å². The predicted octanol–water partition coefficient (Wildman–Crippen LogP) is 4.80.